The number of carbonyl (C=O) groups excluding carboxylic acids is 1. The lowest BCUT2D eigenvalue weighted by Gasteiger charge is -2.53. The van der Waals surface area contributed by atoms with Crippen molar-refractivity contribution < 1.29 is 35.9 Å². The second-order valence-corrected chi connectivity index (χ2v) is 10.8. The molecule has 3 heterocycles. The van der Waals surface area contributed by atoms with Crippen molar-refractivity contribution in [3.63, 3.8) is 0 Å². The lowest BCUT2D eigenvalue weighted by atomic mass is 9.64. The molecule has 0 aromatic carbocycles. The van der Waals surface area contributed by atoms with Crippen LogP contribution in [-0.4, -0.2) is 73.9 Å². The van der Waals surface area contributed by atoms with Gasteiger partial charge in [0.05, 0.1) is 30.9 Å². The molecule has 3 N–H and O–H groups in total. The van der Waals surface area contributed by atoms with Crippen LogP contribution in [0.15, 0.2) is 35.9 Å². The number of amides is 1. The van der Waals surface area contributed by atoms with Crippen molar-refractivity contribution >= 4 is 21.9 Å². The summed E-state index contributed by atoms with van der Waals surface area (Å²) >= 11 is 0. The minimum Gasteiger partial charge on any atom is -0.495 e. The van der Waals surface area contributed by atoms with Crippen molar-refractivity contribution in [1.29, 1.82) is 5.41 Å². The summed E-state index contributed by atoms with van der Waals surface area (Å²) in [5.74, 6) is -3.02. The fraction of sp³-hybridized carbons (Fsp3) is 0.476. The number of sulfonamides is 1. The molecule has 1 amide bonds. The number of fused-ring (bicyclic) bond motifs is 1. The predicted molar refractivity (Wildman–Crippen MR) is 118 cm³/mol. The van der Waals surface area contributed by atoms with Crippen LogP contribution in [0, 0.1) is 16.6 Å². The SMILES string of the molecule is COc1cnc(C(=O)NC2=CC=C(F)C(C)([C@]34CO[C@H](CF)[C@H]3S(=O)(=O)N(C)C(=N)N4)C2)c(F)c1. The Morgan fingerprint density at radius 2 is 2.14 bits per heavy atom. The van der Waals surface area contributed by atoms with Gasteiger partial charge < -0.3 is 20.1 Å². The topological polar surface area (TPSA) is 134 Å². The second kappa shape index (κ2) is 8.52. The first-order valence-corrected chi connectivity index (χ1v) is 12.0. The molecule has 2 fully saturated rings. The van der Waals surface area contributed by atoms with Gasteiger partial charge in [-0.1, -0.05) is 6.92 Å². The number of ether oxygens (including phenoxy) is 2. The van der Waals surface area contributed by atoms with Crippen molar-refractivity contribution in [2.24, 2.45) is 5.41 Å². The summed E-state index contributed by atoms with van der Waals surface area (Å²) in [5, 5.41) is 11.8. The van der Waals surface area contributed by atoms with E-state index in [0.717, 1.165) is 25.4 Å². The number of nitrogens with one attached hydrogen (secondary N) is 3. The largest absolute Gasteiger partial charge is 0.495 e. The molecule has 14 heteroatoms. The molecule has 35 heavy (non-hydrogen) atoms. The van der Waals surface area contributed by atoms with Crippen LogP contribution >= 0.6 is 0 Å². The first-order valence-electron chi connectivity index (χ1n) is 10.5. The number of hydrogen-bond acceptors (Lipinski definition) is 7. The number of rotatable bonds is 5. The van der Waals surface area contributed by atoms with Gasteiger partial charge in [0.1, 0.15) is 29.6 Å². The van der Waals surface area contributed by atoms with Crippen molar-refractivity contribution in [2.45, 2.75) is 30.2 Å². The standard InChI is InChI=1S/C21H24F3N5O5S/c1-20(21-10-34-14(8-22)17(21)35(31,32)29(2)19(25)28-21)7-11(4-5-15(20)24)27-18(30)16-13(23)6-12(33-3)9-26-16/h4-6,9,14,17H,7-8,10H2,1-3H3,(H2,25,28)(H,27,30)/t14-,17-,20?,21+/m1/s1. The summed E-state index contributed by atoms with van der Waals surface area (Å²) in [6.07, 6.45) is 1.80. The first-order chi connectivity index (χ1) is 16.4. The molecule has 10 nitrogen and oxygen atoms in total. The quantitative estimate of drug-likeness (QED) is 0.540. The third-order valence-electron chi connectivity index (χ3n) is 6.89. The molecule has 4 atom stereocenters. The molecule has 0 bridgehead atoms. The number of aromatic nitrogens is 1. The van der Waals surface area contributed by atoms with E-state index < -0.39 is 74.8 Å². The maximum atomic E-state index is 15.5. The fourth-order valence-electron chi connectivity index (χ4n) is 4.85. The number of methoxy groups -OCH3 is 1. The fourth-order valence-corrected chi connectivity index (χ4v) is 6.92. The van der Waals surface area contributed by atoms with Gasteiger partial charge in [0.25, 0.3) is 5.91 Å². The highest BCUT2D eigenvalue weighted by Gasteiger charge is 2.69. The molecule has 1 aliphatic carbocycles. The van der Waals surface area contributed by atoms with Crippen LogP contribution in [0.1, 0.15) is 23.8 Å². The Morgan fingerprint density at radius 3 is 2.77 bits per heavy atom. The molecule has 0 radical (unpaired) electrons. The molecule has 0 spiro atoms. The highest BCUT2D eigenvalue weighted by molar-refractivity contribution is 7.90. The Balaban J connectivity index is 1.69. The zero-order chi connectivity index (χ0) is 25.8. The van der Waals surface area contributed by atoms with Gasteiger partial charge in [-0.2, -0.15) is 0 Å². The summed E-state index contributed by atoms with van der Waals surface area (Å²) in [7, 11) is -1.85. The number of halogens is 3. The Labute approximate surface area is 199 Å². The van der Waals surface area contributed by atoms with Crippen LogP contribution in [-0.2, 0) is 14.8 Å². The van der Waals surface area contributed by atoms with Gasteiger partial charge in [-0.05, 0) is 12.2 Å². The van der Waals surface area contributed by atoms with E-state index in [9.17, 15) is 22.0 Å². The Morgan fingerprint density at radius 1 is 1.43 bits per heavy atom. The van der Waals surface area contributed by atoms with Crippen molar-refractivity contribution in [3.8, 4) is 5.75 Å². The molecule has 2 saturated heterocycles. The molecule has 4 rings (SSSR count). The van der Waals surface area contributed by atoms with Crippen molar-refractivity contribution in [1.82, 2.24) is 19.9 Å². The van der Waals surface area contributed by atoms with Gasteiger partial charge >= 0.3 is 0 Å². The molecule has 2 aliphatic heterocycles. The molecule has 1 aromatic heterocycles. The van der Waals surface area contributed by atoms with E-state index in [0.29, 0.717) is 4.31 Å². The van der Waals surface area contributed by atoms with E-state index >= 15 is 4.39 Å². The molecule has 1 unspecified atom stereocenters. The molecule has 3 aliphatic rings. The van der Waals surface area contributed by atoms with Gasteiger partial charge in [-0.15, -0.1) is 0 Å². The van der Waals surface area contributed by atoms with Crippen LogP contribution in [0.5, 0.6) is 5.75 Å². The van der Waals surface area contributed by atoms with Gasteiger partial charge in [0.15, 0.2) is 11.5 Å². The molecular weight excluding hydrogens is 491 g/mol. The second-order valence-electron chi connectivity index (χ2n) is 8.76. The maximum absolute atomic E-state index is 15.5. The van der Waals surface area contributed by atoms with E-state index in [1.807, 2.05) is 0 Å². The summed E-state index contributed by atoms with van der Waals surface area (Å²) in [4.78, 5) is 16.4. The molecular formula is C21H24F3N5O5S. The van der Waals surface area contributed by atoms with Crippen LogP contribution in [0.2, 0.25) is 0 Å². The van der Waals surface area contributed by atoms with E-state index in [1.54, 1.807) is 0 Å². The van der Waals surface area contributed by atoms with Crippen molar-refractivity contribution in [3.05, 3.63) is 47.5 Å². The normalized spacial score (nSPS) is 31.7. The number of nitrogens with zero attached hydrogens (tertiary/aromatic N) is 2. The van der Waals surface area contributed by atoms with Gasteiger partial charge in [0, 0.05) is 25.2 Å². The Kier molecular flexibility index (Phi) is 6.08. The summed E-state index contributed by atoms with van der Waals surface area (Å²) in [6, 6.07) is 0.982. The zero-order valence-corrected chi connectivity index (χ0v) is 19.9. The first kappa shape index (κ1) is 25.0. The zero-order valence-electron chi connectivity index (χ0n) is 19.1. The monoisotopic (exact) mass is 515 g/mol. The lowest BCUT2D eigenvalue weighted by molar-refractivity contribution is 0.0628. The van der Waals surface area contributed by atoms with E-state index in [4.69, 9.17) is 14.9 Å². The van der Waals surface area contributed by atoms with Crippen molar-refractivity contribution in [2.75, 3.05) is 27.4 Å². The van der Waals surface area contributed by atoms with E-state index in [2.05, 4.69) is 15.6 Å². The average molecular weight is 516 g/mol. The number of pyridine rings is 1. The Hall–Kier alpha value is -3.13. The van der Waals surface area contributed by atoms with Crippen LogP contribution in [0.4, 0.5) is 13.2 Å². The van der Waals surface area contributed by atoms with E-state index in [-0.39, 0.29) is 17.9 Å². The van der Waals surface area contributed by atoms with Crippen LogP contribution in [0.25, 0.3) is 0 Å². The molecule has 190 valence electrons. The predicted octanol–water partition coefficient (Wildman–Crippen LogP) is 1.38. The van der Waals surface area contributed by atoms with Crippen LogP contribution < -0.4 is 15.4 Å². The smallest absolute Gasteiger partial charge is 0.277 e. The molecule has 1 aromatic rings. The summed E-state index contributed by atoms with van der Waals surface area (Å²) in [5.41, 5.74) is -3.84. The number of guanidine groups is 1. The van der Waals surface area contributed by atoms with E-state index in [1.165, 1.54) is 20.1 Å². The number of alkyl halides is 1. The highest BCUT2D eigenvalue weighted by Crippen LogP contribution is 2.54. The minimum absolute atomic E-state index is 0.110. The molecule has 0 saturated carbocycles. The third kappa shape index (κ3) is 3.66. The third-order valence-corrected chi connectivity index (χ3v) is 9.18. The number of hydrogen-bond donors (Lipinski definition) is 3. The van der Waals surface area contributed by atoms with Crippen LogP contribution in [0.3, 0.4) is 0 Å². The lowest BCUT2D eigenvalue weighted by Crippen LogP contribution is -2.75. The minimum atomic E-state index is -4.31. The number of carbonyl (C=O) groups is 1. The maximum Gasteiger partial charge on any atom is 0.277 e. The van der Waals surface area contributed by atoms with Gasteiger partial charge in [-0.25, -0.2) is 30.9 Å². The average Bonchev–Trinajstić information content (AvgIpc) is 3.21. The highest BCUT2D eigenvalue weighted by atomic mass is 32.2. The summed E-state index contributed by atoms with van der Waals surface area (Å²) in [6.45, 7) is -0.143. The van der Waals surface area contributed by atoms with Gasteiger partial charge in [0.2, 0.25) is 16.0 Å². The summed E-state index contributed by atoms with van der Waals surface area (Å²) < 4.78 is 81.0. The Bertz CT molecular complexity index is 1260. The number of allylic oxidation sites excluding steroid dienone is 3. The van der Waals surface area contributed by atoms with Gasteiger partial charge in [-0.3, -0.25) is 10.2 Å².